The highest BCUT2D eigenvalue weighted by atomic mass is 15.3. The summed E-state index contributed by atoms with van der Waals surface area (Å²) in [6.07, 6.45) is 13.1. The van der Waals surface area contributed by atoms with Gasteiger partial charge in [-0.05, 0) is 50.9 Å². The van der Waals surface area contributed by atoms with Crippen LogP contribution in [0.2, 0.25) is 0 Å². The summed E-state index contributed by atoms with van der Waals surface area (Å²) in [5.74, 6) is 2.13. The molecule has 2 atom stereocenters. The maximum Gasteiger partial charge on any atom is 0.101 e. The summed E-state index contributed by atoms with van der Waals surface area (Å²) in [5.41, 5.74) is 1.28. The minimum Gasteiger partial charge on any atom is -0.356 e. The molecule has 1 saturated carbocycles. The Labute approximate surface area is 138 Å². The number of rotatable bonds is 6. The van der Waals surface area contributed by atoms with E-state index in [-0.39, 0.29) is 0 Å². The summed E-state index contributed by atoms with van der Waals surface area (Å²) in [6, 6.07) is 0.693. The average molecular weight is 305 g/mol. The summed E-state index contributed by atoms with van der Waals surface area (Å²) >= 11 is 0. The van der Waals surface area contributed by atoms with Crippen LogP contribution in [0.1, 0.15) is 78.1 Å². The van der Waals surface area contributed by atoms with Crippen molar-refractivity contribution in [2.45, 2.75) is 84.1 Å². The van der Waals surface area contributed by atoms with Crippen LogP contribution >= 0.6 is 0 Å². The molecule has 2 heteroatoms. The summed E-state index contributed by atoms with van der Waals surface area (Å²) < 4.78 is 0. The molecule has 0 aromatic heterocycles. The molecule has 1 aliphatic carbocycles. The predicted molar refractivity (Wildman–Crippen MR) is 96.5 cm³/mol. The molecule has 0 amide bonds. The molecule has 1 saturated heterocycles. The van der Waals surface area contributed by atoms with Crippen molar-refractivity contribution in [2.75, 3.05) is 13.1 Å². The van der Waals surface area contributed by atoms with Gasteiger partial charge < -0.3 is 9.80 Å². The Kier molecular flexibility index (Phi) is 6.85. The zero-order valence-electron chi connectivity index (χ0n) is 14.9. The Hall–Kier alpha value is -0.920. The molecule has 2 rings (SSSR count). The molecule has 0 aromatic carbocycles. The van der Waals surface area contributed by atoms with Crippen LogP contribution in [0.25, 0.3) is 0 Å². The first-order valence-corrected chi connectivity index (χ1v) is 9.54. The van der Waals surface area contributed by atoms with Crippen molar-refractivity contribution in [1.29, 1.82) is 0 Å². The van der Waals surface area contributed by atoms with Crippen molar-refractivity contribution < 1.29 is 0 Å². The minimum absolute atomic E-state index is 0.693. The van der Waals surface area contributed by atoms with E-state index in [1.165, 1.54) is 69.3 Å². The number of piperidine rings is 1. The summed E-state index contributed by atoms with van der Waals surface area (Å²) in [7, 11) is 0. The monoisotopic (exact) mass is 304 g/mol. The van der Waals surface area contributed by atoms with Crippen molar-refractivity contribution in [3.8, 4) is 0 Å². The maximum absolute atomic E-state index is 4.50. The first kappa shape index (κ1) is 17.4. The fourth-order valence-corrected chi connectivity index (χ4v) is 3.99. The lowest BCUT2D eigenvalue weighted by molar-refractivity contribution is 0.158. The number of hydrogen-bond acceptors (Lipinski definition) is 2. The van der Waals surface area contributed by atoms with Crippen molar-refractivity contribution in [2.24, 2.45) is 5.92 Å². The van der Waals surface area contributed by atoms with Crippen LogP contribution in [0.4, 0.5) is 0 Å². The van der Waals surface area contributed by atoms with Crippen molar-refractivity contribution in [3.63, 3.8) is 0 Å². The number of likely N-dealkylation sites (tertiary alicyclic amines) is 1. The van der Waals surface area contributed by atoms with Crippen LogP contribution in [0, 0.1) is 5.92 Å². The van der Waals surface area contributed by atoms with Crippen LogP contribution in [0.5, 0.6) is 0 Å². The number of unbranched alkanes of at least 4 members (excludes halogenated alkanes) is 1. The highest BCUT2D eigenvalue weighted by Crippen LogP contribution is 2.31. The fourth-order valence-electron chi connectivity index (χ4n) is 3.99. The Morgan fingerprint density at radius 1 is 1.18 bits per heavy atom. The van der Waals surface area contributed by atoms with Crippen molar-refractivity contribution in [1.82, 2.24) is 9.80 Å². The maximum atomic E-state index is 4.50. The van der Waals surface area contributed by atoms with Gasteiger partial charge in [0.15, 0.2) is 0 Å². The highest BCUT2D eigenvalue weighted by Gasteiger charge is 2.27. The predicted octanol–water partition coefficient (Wildman–Crippen LogP) is 5.53. The quantitative estimate of drug-likeness (QED) is 0.595. The lowest BCUT2D eigenvalue weighted by Crippen LogP contribution is -2.42. The van der Waals surface area contributed by atoms with Crippen LogP contribution in [-0.2, 0) is 0 Å². The van der Waals surface area contributed by atoms with Gasteiger partial charge in [-0.3, -0.25) is 0 Å². The Bertz CT molecular complexity index is 374. The third-order valence-electron chi connectivity index (χ3n) is 5.54. The Morgan fingerprint density at radius 2 is 2.00 bits per heavy atom. The number of hydrogen-bond donors (Lipinski definition) is 0. The molecule has 2 fully saturated rings. The zero-order valence-corrected chi connectivity index (χ0v) is 14.9. The van der Waals surface area contributed by atoms with Gasteiger partial charge in [-0.25, -0.2) is 0 Å². The first-order chi connectivity index (χ1) is 10.6. The third kappa shape index (κ3) is 4.54. The van der Waals surface area contributed by atoms with Gasteiger partial charge in [0.25, 0.3) is 0 Å². The standard InChI is InChI=1S/C20H36N2/c1-5-6-15-22(20-12-9-10-17(2)13-14-20)19(4)21-16-8-7-11-18(21)3/h17,20H,3-16H2,1-2H3. The smallest absolute Gasteiger partial charge is 0.101 e. The van der Waals surface area contributed by atoms with E-state index in [9.17, 15) is 0 Å². The van der Waals surface area contributed by atoms with E-state index in [1.807, 2.05) is 0 Å². The molecule has 0 radical (unpaired) electrons. The van der Waals surface area contributed by atoms with E-state index in [1.54, 1.807) is 0 Å². The molecule has 2 aliphatic rings. The molecule has 126 valence electrons. The Balaban J connectivity index is 2.06. The molecule has 1 aliphatic heterocycles. The summed E-state index contributed by atoms with van der Waals surface area (Å²) in [6.45, 7) is 15.8. The zero-order chi connectivity index (χ0) is 15.9. The van der Waals surface area contributed by atoms with Gasteiger partial charge in [-0.1, -0.05) is 46.3 Å². The minimum atomic E-state index is 0.693. The van der Waals surface area contributed by atoms with Gasteiger partial charge in [-0.15, -0.1) is 0 Å². The fraction of sp³-hybridized carbons (Fsp3) is 0.800. The normalized spacial score (nSPS) is 26.6. The van der Waals surface area contributed by atoms with Gasteiger partial charge in [-0.2, -0.15) is 0 Å². The Morgan fingerprint density at radius 3 is 2.73 bits per heavy atom. The van der Waals surface area contributed by atoms with Crippen LogP contribution < -0.4 is 0 Å². The van der Waals surface area contributed by atoms with Crippen molar-refractivity contribution in [3.05, 3.63) is 24.7 Å². The van der Waals surface area contributed by atoms with E-state index in [2.05, 4.69) is 36.8 Å². The topological polar surface area (TPSA) is 6.48 Å². The van der Waals surface area contributed by atoms with Crippen LogP contribution in [0.3, 0.4) is 0 Å². The molecule has 22 heavy (non-hydrogen) atoms. The second-order valence-electron chi connectivity index (χ2n) is 7.41. The molecule has 1 heterocycles. The average Bonchev–Trinajstić information content (AvgIpc) is 2.73. The van der Waals surface area contributed by atoms with Crippen LogP contribution in [0.15, 0.2) is 24.7 Å². The van der Waals surface area contributed by atoms with Gasteiger partial charge in [0, 0.05) is 24.8 Å². The van der Waals surface area contributed by atoms with Gasteiger partial charge in [0.1, 0.15) is 5.82 Å². The third-order valence-corrected chi connectivity index (χ3v) is 5.54. The molecule has 2 nitrogen and oxygen atoms in total. The van der Waals surface area contributed by atoms with E-state index in [0.29, 0.717) is 6.04 Å². The first-order valence-electron chi connectivity index (χ1n) is 9.54. The number of nitrogens with zero attached hydrogens (tertiary/aromatic N) is 2. The second-order valence-corrected chi connectivity index (χ2v) is 7.41. The molecule has 0 N–H and O–H groups in total. The van der Waals surface area contributed by atoms with Gasteiger partial charge in [0.2, 0.25) is 0 Å². The largest absolute Gasteiger partial charge is 0.356 e. The van der Waals surface area contributed by atoms with E-state index in [4.69, 9.17) is 0 Å². The number of allylic oxidation sites excluding steroid dienone is 1. The molecular formula is C20H36N2. The van der Waals surface area contributed by atoms with Gasteiger partial charge in [0.05, 0.1) is 0 Å². The lowest BCUT2D eigenvalue weighted by Gasteiger charge is -2.42. The summed E-state index contributed by atoms with van der Waals surface area (Å²) in [5, 5.41) is 0. The molecule has 2 unspecified atom stereocenters. The molecule has 0 bridgehead atoms. The van der Waals surface area contributed by atoms with Crippen molar-refractivity contribution >= 4 is 0 Å². The molecule has 0 spiro atoms. The second kappa shape index (κ2) is 8.64. The van der Waals surface area contributed by atoms with E-state index < -0.39 is 0 Å². The van der Waals surface area contributed by atoms with Gasteiger partial charge >= 0.3 is 0 Å². The molecular weight excluding hydrogens is 268 g/mol. The molecule has 0 aromatic rings. The lowest BCUT2D eigenvalue weighted by atomic mass is 10.0. The summed E-state index contributed by atoms with van der Waals surface area (Å²) in [4.78, 5) is 5.05. The van der Waals surface area contributed by atoms with E-state index in [0.717, 1.165) is 25.4 Å². The highest BCUT2D eigenvalue weighted by molar-refractivity contribution is 5.10. The van der Waals surface area contributed by atoms with Crippen LogP contribution in [-0.4, -0.2) is 28.9 Å². The van der Waals surface area contributed by atoms with E-state index >= 15 is 0 Å². The SMILES string of the molecule is C=C1CCCCN1C(=C)N(CCCC)C1CCCC(C)CC1.